The summed E-state index contributed by atoms with van der Waals surface area (Å²) in [7, 11) is 0. The van der Waals surface area contributed by atoms with E-state index in [9.17, 15) is 19.5 Å². The summed E-state index contributed by atoms with van der Waals surface area (Å²) in [6, 6.07) is 0. The molecule has 0 saturated heterocycles. The molecule has 0 aromatic heterocycles. The molecule has 0 heterocycles. The first-order valence-electron chi connectivity index (χ1n) is 6.16. The number of carbonyl (C=O) groups is 3. The van der Waals surface area contributed by atoms with E-state index >= 15 is 0 Å². The Hall–Kier alpha value is -1.03. The van der Waals surface area contributed by atoms with Crippen LogP contribution in [-0.4, -0.2) is 28.6 Å². The van der Waals surface area contributed by atoms with E-state index in [4.69, 9.17) is 0 Å². The van der Waals surface area contributed by atoms with Crippen molar-refractivity contribution in [3.05, 3.63) is 0 Å². The molecule has 0 fully saturated rings. The highest BCUT2D eigenvalue weighted by atomic mass is 16.3. The fourth-order valence-corrected chi connectivity index (χ4v) is 1.51. The highest BCUT2D eigenvalue weighted by Crippen LogP contribution is 2.07. The summed E-state index contributed by atoms with van der Waals surface area (Å²) in [4.78, 5) is 33.2. The minimum Gasteiger partial charge on any atom is -0.393 e. The lowest BCUT2D eigenvalue weighted by atomic mass is 10.0. The molecule has 98 valence electrons. The van der Waals surface area contributed by atoms with Crippen molar-refractivity contribution in [1.82, 2.24) is 0 Å². The van der Waals surface area contributed by atoms with Crippen molar-refractivity contribution in [1.29, 1.82) is 0 Å². The Kier molecular flexibility index (Phi) is 8.50. The molecule has 1 atom stereocenters. The Morgan fingerprint density at radius 3 is 2.18 bits per heavy atom. The van der Waals surface area contributed by atoms with Gasteiger partial charge in [-0.2, -0.15) is 0 Å². The summed E-state index contributed by atoms with van der Waals surface area (Å²) in [5.74, 6) is -0.293. The third-order valence-corrected chi connectivity index (χ3v) is 2.59. The topological polar surface area (TPSA) is 71.4 Å². The number of ketones is 3. The molecule has 0 aliphatic heterocycles. The number of aliphatic hydroxyl groups excluding tert-OH is 1. The van der Waals surface area contributed by atoms with Gasteiger partial charge in [-0.1, -0.05) is 6.92 Å². The zero-order chi connectivity index (χ0) is 13.3. The first kappa shape index (κ1) is 16.0. The smallest absolute Gasteiger partial charge is 0.140 e. The molecule has 0 saturated carbocycles. The largest absolute Gasteiger partial charge is 0.393 e. The molecule has 0 aliphatic carbocycles. The van der Waals surface area contributed by atoms with E-state index in [2.05, 4.69) is 0 Å². The monoisotopic (exact) mass is 242 g/mol. The zero-order valence-electron chi connectivity index (χ0n) is 10.7. The van der Waals surface area contributed by atoms with Gasteiger partial charge in [-0.25, -0.2) is 0 Å². The number of hydrogen-bond donors (Lipinski definition) is 1. The Morgan fingerprint density at radius 2 is 1.65 bits per heavy atom. The van der Waals surface area contributed by atoms with Crippen LogP contribution in [0.1, 0.15) is 58.8 Å². The fraction of sp³-hybridized carbons (Fsp3) is 0.769. The predicted molar refractivity (Wildman–Crippen MR) is 64.7 cm³/mol. The lowest BCUT2D eigenvalue weighted by molar-refractivity contribution is -0.128. The van der Waals surface area contributed by atoms with Crippen LogP contribution in [-0.2, 0) is 14.4 Å². The van der Waals surface area contributed by atoms with Gasteiger partial charge in [0.2, 0.25) is 0 Å². The third-order valence-electron chi connectivity index (χ3n) is 2.59. The van der Waals surface area contributed by atoms with Gasteiger partial charge in [0, 0.05) is 19.3 Å². The zero-order valence-corrected chi connectivity index (χ0v) is 10.7. The minimum atomic E-state index is -0.331. The first-order chi connectivity index (χ1) is 7.95. The van der Waals surface area contributed by atoms with Gasteiger partial charge in [0.25, 0.3) is 0 Å². The van der Waals surface area contributed by atoms with Crippen molar-refractivity contribution >= 4 is 17.3 Å². The molecule has 4 nitrogen and oxygen atoms in total. The van der Waals surface area contributed by atoms with E-state index in [-0.39, 0.29) is 42.7 Å². The van der Waals surface area contributed by atoms with Crippen LogP contribution in [0.25, 0.3) is 0 Å². The Balaban J connectivity index is 3.59. The number of carbonyl (C=O) groups excluding carboxylic acids is 3. The normalized spacial score (nSPS) is 12.2. The molecule has 17 heavy (non-hydrogen) atoms. The lowest BCUT2D eigenvalue weighted by Crippen LogP contribution is -2.09. The van der Waals surface area contributed by atoms with Gasteiger partial charge in [0.15, 0.2) is 0 Å². The van der Waals surface area contributed by atoms with E-state index in [1.165, 1.54) is 6.92 Å². The van der Waals surface area contributed by atoms with E-state index in [1.54, 1.807) is 0 Å². The second kappa shape index (κ2) is 9.05. The molecular weight excluding hydrogens is 220 g/mol. The second-order valence-corrected chi connectivity index (χ2v) is 4.41. The van der Waals surface area contributed by atoms with Gasteiger partial charge in [-0.15, -0.1) is 0 Å². The summed E-state index contributed by atoms with van der Waals surface area (Å²) >= 11 is 0. The first-order valence-corrected chi connectivity index (χ1v) is 6.16. The summed E-state index contributed by atoms with van der Waals surface area (Å²) < 4.78 is 0. The molecule has 1 N–H and O–H groups in total. The summed E-state index contributed by atoms with van der Waals surface area (Å²) in [6.45, 7) is 3.26. The predicted octanol–water partition coefficient (Wildman–Crippen LogP) is 1.83. The summed E-state index contributed by atoms with van der Waals surface area (Å²) in [5.41, 5.74) is 0. The molecule has 4 heteroatoms. The van der Waals surface area contributed by atoms with E-state index in [1.807, 2.05) is 6.92 Å². The SMILES string of the molecule is CCC(O)CCCC(=O)CCC(=O)CC(C)=O. The Bertz CT molecular complexity index is 271. The molecule has 0 rings (SSSR count). The molecule has 0 aromatic rings. The molecule has 0 amide bonds. The highest BCUT2D eigenvalue weighted by Gasteiger charge is 2.09. The lowest BCUT2D eigenvalue weighted by Gasteiger charge is -2.06. The molecule has 0 aliphatic rings. The van der Waals surface area contributed by atoms with Crippen LogP contribution >= 0.6 is 0 Å². The fourth-order valence-electron chi connectivity index (χ4n) is 1.51. The molecule has 0 bridgehead atoms. The Morgan fingerprint density at radius 1 is 1.06 bits per heavy atom. The Labute approximate surface area is 102 Å². The van der Waals surface area contributed by atoms with Gasteiger partial charge in [0.1, 0.15) is 17.3 Å². The number of rotatable bonds is 10. The highest BCUT2D eigenvalue weighted by molar-refractivity contribution is 5.99. The van der Waals surface area contributed by atoms with Crippen molar-refractivity contribution in [2.75, 3.05) is 0 Å². The van der Waals surface area contributed by atoms with E-state index in [0.717, 1.165) is 0 Å². The van der Waals surface area contributed by atoms with Gasteiger partial charge in [0.05, 0.1) is 12.5 Å². The number of aliphatic hydroxyl groups is 1. The molecule has 0 spiro atoms. The van der Waals surface area contributed by atoms with E-state index < -0.39 is 0 Å². The van der Waals surface area contributed by atoms with Gasteiger partial charge < -0.3 is 5.11 Å². The maximum absolute atomic E-state index is 11.4. The van der Waals surface area contributed by atoms with E-state index in [0.29, 0.717) is 25.7 Å². The van der Waals surface area contributed by atoms with Crippen molar-refractivity contribution in [2.24, 2.45) is 0 Å². The van der Waals surface area contributed by atoms with Gasteiger partial charge in [-0.3, -0.25) is 14.4 Å². The van der Waals surface area contributed by atoms with Gasteiger partial charge >= 0.3 is 0 Å². The third kappa shape index (κ3) is 9.87. The van der Waals surface area contributed by atoms with Crippen LogP contribution in [0.5, 0.6) is 0 Å². The van der Waals surface area contributed by atoms with Gasteiger partial charge in [-0.05, 0) is 26.2 Å². The number of hydrogen-bond acceptors (Lipinski definition) is 4. The van der Waals surface area contributed by atoms with Crippen LogP contribution in [0.15, 0.2) is 0 Å². The maximum atomic E-state index is 11.4. The van der Waals surface area contributed by atoms with Crippen LogP contribution in [0, 0.1) is 0 Å². The average molecular weight is 242 g/mol. The quantitative estimate of drug-likeness (QED) is 0.593. The van der Waals surface area contributed by atoms with Crippen LogP contribution < -0.4 is 0 Å². The maximum Gasteiger partial charge on any atom is 0.140 e. The molecular formula is C13H22O4. The summed E-state index contributed by atoms with van der Waals surface area (Å²) in [6.07, 6.45) is 2.38. The minimum absolute atomic E-state index is 0.0326. The molecule has 0 aromatic carbocycles. The van der Waals surface area contributed by atoms with Crippen LogP contribution in [0.4, 0.5) is 0 Å². The molecule has 0 radical (unpaired) electrons. The van der Waals surface area contributed by atoms with Crippen molar-refractivity contribution in [3.63, 3.8) is 0 Å². The van der Waals surface area contributed by atoms with Crippen LogP contribution in [0.3, 0.4) is 0 Å². The van der Waals surface area contributed by atoms with Crippen molar-refractivity contribution in [3.8, 4) is 0 Å². The second-order valence-electron chi connectivity index (χ2n) is 4.41. The van der Waals surface area contributed by atoms with Crippen LogP contribution in [0.2, 0.25) is 0 Å². The standard InChI is InChI=1S/C13H22O4/c1-3-11(15)5-4-6-12(16)7-8-13(17)9-10(2)14/h11,15H,3-9H2,1-2H3. The van der Waals surface area contributed by atoms with Crippen molar-refractivity contribution < 1.29 is 19.5 Å². The summed E-state index contributed by atoms with van der Waals surface area (Å²) in [5, 5.41) is 9.29. The average Bonchev–Trinajstić information content (AvgIpc) is 2.25. The van der Waals surface area contributed by atoms with Crippen molar-refractivity contribution in [2.45, 2.75) is 64.9 Å². The number of Topliss-reactive ketones (excluding diaryl/α,β-unsaturated/α-hetero) is 3. The molecule has 1 unspecified atom stereocenters.